The van der Waals surface area contributed by atoms with Gasteiger partial charge < -0.3 is 24.4 Å². The maximum absolute atomic E-state index is 13.2. The lowest BCUT2D eigenvalue weighted by Gasteiger charge is -2.27. The summed E-state index contributed by atoms with van der Waals surface area (Å²) < 4.78 is 10.7. The zero-order valence-electron chi connectivity index (χ0n) is 20.7. The third-order valence-corrected chi connectivity index (χ3v) is 6.54. The number of ether oxygens (including phenoxy) is 2. The predicted octanol–water partition coefficient (Wildman–Crippen LogP) is 4.90. The van der Waals surface area contributed by atoms with Crippen LogP contribution >= 0.6 is 11.6 Å². The molecule has 1 atom stereocenters. The molecule has 0 aliphatic carbocycles. The zero-order valence-corrected chi connectivity index (χ0v) is 21.5. The highest BCUT2D eigenvalue weighted by molar-refractivity contribution is 6.46. The van der Waals surface area contributed by atoms with Crippen LogP contribution in [-0.2, 0) is 9.59 Å². The Labute approximate surface area is 211 Å². The Morgan fingerprint density at radius 2 is 1.77 bits per heavy atom. The number of ketones is 1. The normalized spacial score (nSPS) is 17.3. The predicted molar refractivity (Wildman–Crippen MR) is 137 cm³/mol. The quantitative estimate of drug-likeness (QED) is 0.268. The van der Waals surface area contributed by atoms with E-state index in [9.17, 15) is 14.7 Å². The minimum absolute atomic E-state index is 0.0447. The van der Waals surface area contributed by atoms with Gasteiger partial charge in [0.15, 0.2) is 0 Å². The molecule has 35 heavy (non-hydrogen) atoms. The topological polar surface area (TPSA) is 79.3 Å². The van der Waals surface area contributed by atoms with Gasteiger partial charge in [0.05, 0.1) is 30.4 Å². The van der Waals surface area contributed by atoms with Crippen molar-refractivity contribution in [2.24, 2.45) is 0 Å². The van der Waals surface area contributed by atoms with Crippen LogP contribution in [0.2, 0.25) is 5.02 Å². The smallest absolute Gasteiger partial charge is 0.295 e. The second-order valence-corrected chi connectivity index (χ2v) is 8.63. The Morgan fingerprint density at radius 3 is 2.34 bits per heavy atom. The van der Waals surface area contributed by atoms with Gasteiger partial charge in [0.1, 0.15) is 17.3 Å². The third-order valence-electron chi connectivity index (χ3n) is 6.24. The van der Waals surface area contributed by atoms with Crippen LogP contribution in [0.25, 0.3) is 5.76 Å². The van der Waals surface area contributed by atoms with E-state index < -0.39 is 17.7 Å². The van der Waals surface area contributed by atoms with Crippen molar-refractivity contribution >= 4 is 29.1 Å². The van der Waals surface area contributed by atoms with Crippen LogP contribution in [0.4, 0.5) is 0 Å². The number of methoxy groups -OCH3 is 1. The maximum Gasteiger partial charge on any atom is 0.295 e. The van der Waals surface area contributed by atoms with Crippen LogP contribution in [0.15, 0.2) is 48.0 Å². The van der Waals surface area contributed by atoms with Gasteiger partial charge in [0, 0.05) is 12.1 Å². The molecule has 188 valence electrons. The number of amides is 1. The standard InChI is InChI=1S/C27H33ClN2O5/c1-5-29(6-2)15-8-16-30-24(18-9-12-20(13-10-18)35-7-3)23(26(32)27(30)33)25(31)19-11-14-22(34-4)21(28)17-19/h9-14,17,24,31H,5-8,15-16H2,1-4H3/b25-23-. The lowest BCUT2D eigenvalue weighted by atomic mass is 9.95. The summed E-state index contributed by atoms with van der Waals surface area (Å²) in [6.45, 7) is 9.64. The van der Waals surface area contributed by atoms with Gasteiger partial charge in [-0.15, -0.1) is 0 Å². The molecule has 1 amide bonds. The van der Waals surface area contributed by atoms with Gasteiger partial charge in [-0.1, -0.05) is 37.6 Å². The van der Waals surface area contributed by atoms with Crippen LogP contribution in [0.5, 0.6) is 11.5 Å². The molecule has 0 aromatic heterocycles. The van der Waals surface area contributed by atoms with Gasteiger partial charge in [0.2, 0.25) is 0 Å². The van der Waals surface area contributed by atoms with E-state index in [2.05, 4.69) is 18.7 Å². The first kappa shape index (κ1) is 26.6. The average molecular weight is 501 g/mol. The lowest BCUT2D eigenvalue weighted by molar-refractivity contribution is -0.140. The van der Waals surface area contributed by atoms with Crippen LogP contribution in [-0.4, -0.2) is 66.5 Å². The van der Waals surface area contributed by atoms with Crippen molar-refractivity contribution in [2.45, 2.75) is 33.2 Å². The van der Waals surface area contributed by atoms with Crippen LogP contribution < -0.4 is 9.47 Å². The summed E-state index contributed by atoms with van der Waals surface area (Å²) in [5, 5.41) is 11.5. The number of benzene rings is 2. The summed E-state index contributed by atoms with van der Waals surface area (Å²) in [4.78, 5) is 30.2. The van der Waals surface area contributed by atoms with E-state index in [4.69, 9.17) is 21.1 Å². The van der Waals surface area contributed by atoms with E-state index in [0.29, 0.717) is 41.7 Å². The molecule has 3 rings (SSSR count). The number of likely N-dealkylation sites (tertiary alicyclic amines) is 1. The first-order valence-corrected chi connectivity index (χ1v) is 12.3. The summed E-state index contributed by atoms with van der Waals surface area (Å²) in [5.74, 6) is -0.460. The lowest BCUT2D eigenvalue weighted by Crippen LogP contribution is -2.33. The zero-order chi connectivity index (χ0) is 25.5. The molecule has 0 bridgehead atoms. The molecule has 1 unspecified atom stereocenters. The van der Waals surface area contributed by atoms with E-state index >= 15 is 0 Å². The fraction of sp³-hybridized carbons (Fsp3) is 0.407. The van der Waals surface area contributed by atoms with Gasteiger partial charge >= 0.3 is 0 Å². The van der Waals surface area contributed by atoms with Gasteiger partial charge in [-0.05, 0) is 68.9 Å². The van der Waals surface area contributed by atoms with E-state index in [1.165, 1.54) is 13.2 Å². The summed E-state index contributed by atoms with van der Waals surface area (Å²) in [7, 11) is 1.50. The summed E-state index contributed by atoms with van der Waals surface area (Å²) in [5.41, 5.74) is 1.10. The molecule has 0 radical (unpaired) electrons. The van der Waals surface area contributed by atoms with Crippen molar-refractivity contribution in [3.8, 4) is 11.5 Å². The number of Topliss-reactive ketones (excluding diaryl/α,β-unsaturated/α-hetero) is 1. The monoisotopic (exact) mass is 500 g/mol. The molecule has 2 aromatic carbocycles. The summed E-state index contributed by atoms with van der Waals surface area (Å²) in [6, 6.07) is 11.3. The van der Waals surface area contributed by atoms with E-state index in [0.717, 1.165) is 25.2 Å². The molecule has 1 aliphatic heterocycles. The second kappa shape index (κ2) is 12.1. The molecule has 1 heterocycles. The Hall–Kier alpha value is -3.03. The van der Waals surface area contributed by atoms with Crippen LogP contribution in [0, 0.1) is 0 Å². The fourth-order valence-corrected chi connectivity index (χ4v) is 4.60. The summed E-state index contributed by atoms with van der Waals surface area (Å²) in [6.07, 6.45) is 0.705. The average Bonchev–Trinajstić information content (AvgIpc) is 3.11. The van der Waals surface area contributed by atoms with Crippen molar-refractivity contribution in [1.29, 1.82) is 0 Å². The Bertz CT molecular complexity index is 1080. The fourth-order valence-electron chi connectivity index (χ4n) is 4.34. The number of rotatable bonds is 11. The second-order valence-electron chi connectivity index (χ2n) is 8.22. The Kier molecular flexibility index (Phi) is 9.18. The first-order valence-electron chi connectivity index (χ1n) is 11.9. The minimum atomic E-state index is -0.719. The third kappa shape index (κ3) is 5.80. The summed E-state index contributed by atoms with van der Waals surface area (Å²) >= 11 is 6.26. The highest BCUT2D eigenvalue weighted by atomic mass is 35.5. The van der Waals surface area contributed by atoms with Gasteiger partial charge in [-0.2, -0.15) is 0 Å². The highest BCUT2D eigenvalue weighted by Gasteiger charge is 2.45. The molecule has 2 aromatic rings. The molecule has 0 spiro atoms. The molecular formula is C27H33ClN2O5. The molecule has 7 nitrogen and oxygen atoms in total. The number of carbonyl (C=O) groups is 2. The van der Waals surface area contributed by atoms with E-state index in [1.54, 1.807) is 29.2 Å². The van der Waals surface area contributed by atoms with Crippen molar-refractivity contribution in [2.75, 3.05) is 39.9 Å². The highest BCUT2D eigenvalue weighted by Crippen LogP contribution is 2.40. The van der Waals surface area contributed by atoms with Crippen molar-refractivity contribution in [3.63, 3.8) is 0 Å². The molecule has 0 saturated carbocycles. The largest absolute Gasteiger partial charge is 0.507 e. The van der Waals surface area contributed by atoms with Crippen molar-refractivity contribution in [1.82, 2.24) is 9.80 Å². The number of halogens is 1. The number of nitrogens with zero attached hydrogens (tertiary/aromatic N) is 2. The van der Waals surface area contributed by atoms with Gasteiger partial charge in [-0.25, -0.2) is 0 Å². The number of hydrogen-bond donors (Lipinski definition) is 1. The van der Waals surface area contributed by atoms with Crippen LogP contribution in [0.3, 0.4) is 0 Å². The SMILES string of the molecule is CCOc1ccc(C2/C(=C(/O)c3ccc(OC)c(Cl)c3)C(=O)C(=O)N2CCCN(CC)CC)cc1. The Morgan fingerprint density at radius 1 is 1.09 bits per heavy atom. The Balaban J connectivity index is 2.04. The van der Waals surface area contributed by atoms with E-state index in [-0.39, 0.29) is 11.3 Å². The number of hydrogen-bond acceptors (Lipinski definition) is 6. The van der Waals surface area contributed by atoms with Crippen molar-refractivity contribution in [3.05, 3.63) is 64.2 Å². The molecule has 1 fully saturated rings. The molecule has 1 aliphatic rings. The van der Waals surface area contributed by atoms with Gasteiger partial charge in [0.25, 0.3) is 11.7 Å². The molecule has 1 saturated heterocycles. The van der Waals surface area contributed by atoms with E-state index in [1.807, 2.05) is 19.1 Å². The van der Waals surface area contributed by atoms with Crippen LogP contribution in [0.1, 0.15) is 44.4 Å². The first-order chi connectivity index (χ1) is 16.9. The maximum atomic E-state index is 13.2. The number of aliphatic hydroxyl groups excluding tert-OH is 1. The molecular weight excluding hydrogens is 468 g/mol. The van der Waals surface area contributed by atoms with Crippen molar-refractivity contribution < 1.29 is 24.2 Å². The number of aliphatic hydroxyl groups is 1. The molecule has 1 N–H and O–H groups in total. The number of carbonyl (C=O) groups excluding carboxylic acids is 2. The minimum Gasteiger partial charge on any atom is -0.507 e. The van der Waals surface area contributed by atoms with Gasteiger partial charge in [-0.3, -0.25) is 9.59 Å². The molecule has 8 heteroatoms.